The number of hydrogen-bond donors (Lipinski definition) is 1. The average Bonchev–Trinajstić information content (AvgIpc) is 2.40. The zero-order valence-electron chi connectivity index (χ0n) is 11.4. The van der Waals surface area contributed by atoms with Crippen LogP contribution in [-0.2, 0) is 13.0 Å². The minimum atomic E-state index is 0.480. The van der Waals surface area contributed by atoms with Gasteiger partial charge in [0.2, 0.25) is 0 Å². The Bertz CT molecular complexity index is 524. The van der Waals surface area contributed by atoms with Crippen molar-refractivity contribution in [3.63, 3.8) is 0 Å². The predicted molar refractivity (Wildman–Crippen MR) is 80.5 cm³/mol. The van der Waals surface area contributed by atoms with E-state index in [9.17, 15) is 0 Å². The number of hydrogen-bond acceptors (Lipinski definition) is 2. The van der Waals surface area contributed by atoms with Gasteiger partial charge in [-0.2, -0.15) is 0 Å². The van der Waals surface area contributed by atoms with E-state index in [1.807, 2.05) is 18.3 Å². The van der Waals surface area contributed by atoms with Gasteiger partial charge in [-0.1, -0.05) is 43.6 Å². The van der Waals surface area contributed by atoms with Crippen molar-refractivity contribution in [2.24, 2.45) is 0 Å². The Labute approximate surface area is 119 Å². The molecule has 0 fully saturated rings. The molecule has 2 aromatic rings. The van der Waals surface area contributed by atoms with Crippen molar-refractivity contribution in [1.82, 2.24) is 10.3 Å². The third-order valence-corrected chi connectivity index (χ3v) is 3.30. The van der Waals surface area contributed by atoms with Crippen LogP contribution in [0.1, 0.15) is 30.5 Å². The Hall–Kier alpha value is -1.38. The van der Waals surface area contributed by atoms with E-state index in [0.717, 1.165) is 23.6 Å². The molecule has 1 heterocycles. The van der Waals surface area contributed by atoms with E-state index in [0.29, 0.717) is 6.04 Å². The zero-order valence-corrected chi connectivity index (χ0v) is 12.1. The topological polar surface area (TPSA) is 24.9 Å². The summed E-state index contributed by atoms with van der Waals surface area (Å²) >= 11 is 6.35. The monoisotopic (exact) mass is 274 g/mol. The second-order valence-corrected chi connectivity index (χ2v) is 5.41. The van der Waals surface area contributed by atoms with Gasteiger partial charge in [0.15, 0.2) is 0 Å². The van der Waals surface area contributed by atoms with Crippen molar-refractivity contribution < 1.29 is 0 Å². The van der Waals surface area contributed by atoms with Gasteiger partial charge in [0.1, 0.15) is 0 Å². The van der Waals surface area contributed by atoms with Crippen LogP contribution < -0.4 is 5.32 Å². The minimum absolute atomic E-state index is 0.480. The lowest BCUT2D eigenvalue weighted by Crippen LogP contribution is -2.21. The zero-order chi connectivity index (χ0) is 13.7. The van der Waals surface area contributed by atoms with Gasteiger partial charge >= 0.3 is 0 Å². The summed E-state index contributed by atoms with van der Waals surface area (Å²) in [5.74, 6) is 0. The molecule has 1 N–H and O–H groups in total. The summed E-state index contributed by atoms with van der Waals surface area (Å²) < 4.78 is 0. The summed E-state index contributed by atoms with van der Waals surface area (Å²) in [5.41, 5.74) is 3.54. The van der Waals surface area contributed by atoms with E-state index in [1.165, 1.54) is 11.1 Å². The standard InChI is InChI=1S/C16H19ClN2/c1-12(2)19-11-14-5-6-15(16(17)9-14)8-13-4-3-7-18-10-13/h3-7,9-10,12,19H,8,11H2,1-2H3. The number of halogens is 1. The SMILES string of the molecule is CC(C)NCc1ccc(Cc2cccnc2)c(Cl)c1. The van der Waals surface area contributed by atoms with E-state index in [2.05, 4.69) is 42.3 Å². The molecule has 0 aliphatic heterocycles. The highest BCUT2D eigenvalue weighted by molar-refractivity contribution is 6.31. The average molecular weight is 275 g/mol. The van der Waals surface area contributed by atoms with Crippen molar-refractivity contribution in [2.75, 3.05) is 0 Å². The molecule has 0 aliphatic carbocycles. The van der Waals surface area contributed by atoms with Crippen LogP contribution in [0.15, 0.2) is 42.7 Å². The molecule has 3 heteroatoms. The van der Waals surface area contributed by atoms with Gasteiger partial charge in [0.05, 0.1) is 0 Å². The number of aromatic nitrogens is 1. The van der Waals surface area contributed by atoms with Crippen molar-refractivity contribution in [3.8, 4) is 0 Å². The first-order valence-corrected chi connectivity index (χ1v) is 6.92. The van der Waals surface area contributed by atoms with Gasteiger partial charge in [-0.05, 0) is 28.8 Å². The third-order valence-electron chi connectivity index (χ3n) is 2.95. The third kappa shape index (κ3) is 4.34. The van der Waals surface area contributed by atoms with Gasteiger partial charge in [-0.3, -0.25) is 4.98 Å². The molecular formula is C16H19ClN2. The molecule has 0 aliphatic rings. The highest BCUT2D eigenvalue weighted by Gasteiger charge is 2.04. The van der Waals surface area contributed by atoms with Gasteiger partial charge < -0.3 is 5.32 Å². The predicted octanol–water partition coefficient (Wildman–Crippen LogP) is 3.82. The highest BCUT2D eigenvalue weighted by Crippen LogP contribution is 2.21. The normalized spacial score (nSPS) is 10.9. The fourth-order valence-corrected chi connectivity index (χ4v) is 2.16. The summed E-state index contributed by atoms with van der Waals surface area (Å²) in [6.07, 6.45) is 4.49. The molecule has 0 saturated heterocycles. The summed E-state index contributed by atoms with van der Waals surface area (Å²) in [6.45, 7) is 5.13. The Morgan fingerprint density at radius 2 is 2.05 bits per heavy atom. The van der Waals surface area contributed by atoms with Crippen LogP contribution >= 0.6 is 11.6 Å². The van der Waals surface area contributed by atoms with Crippen LogP contribution in [-0.4, -0.2) is 11.0 Å². The van der Waals surface area contributed by atoms with E-state index >= 15 is 0 Å². The molecule has 0 amide bonds. The van der Waals surface area contributed by atoms with Crippen LogP contribution in [0, 0.1) is 0 Å². The van der Waals surface area contributed by atoms with Crippen LogP contribution in [0.4, 0.5) is 0 Å². The van der Waals surface area contributed by atoms with Crippen LogP contribution in [0.5, 0.6) is 0 Å². The molecule has 2 nitrogen and oxygen atoms in total. The molecule has 0 saturated carbocycles. The van der Waals surface area contributed by atoms with Gasteiger partial charge in [-0.15, -0.1) is 0 Å². The maximum absolute atomic E-state index is 6.35. The Kier molecular flexibility index (Phi) is 4.94. The van der Waals surface area contributed by atoms with E-state index in [1.54, 1.807) is 6.20 Å². The van der Waals surface area contributed by atoms with Crippen LogP contribution in [0.2, 0.25) is 5.02 Å². The number of nitrogens with one attached hydrogen (secondary N) is 1. The first-order valence-electron chi connectivity index (χ1n) is 6.55. The molecule has 2 rings (SSSR count). The van der Waals surface area contributed by atoms with Crippen LogP contribution in [0.25, 0.3) is 0 Å². The number of rotatable bonds is 5. The van der Waals surface area contributed by atoms with Crippen molar-refractivity contribution >= 4 is 11.6 Å². The summed E-state index contributed by atoms with van der Waals surface area (Å²) in [6, 6.07) is 10.8. The molecule has 0 unspecified atom stereocenters. The number of benzene rings is 1. The first kappa shape index (κ1) is 14.0. The summed E-state index contributed by atoms with van der Waals surface area (Å²) in [7, 11) is 0. The number of pyridine rings is 1. The Morgan fingerprint density at radius 1 is 1.21 bits per heavy atom. The van der Waals surface area contributed by atoms with E-state index < -0.39 is 0 Å². The number of nitrogens with zero attached hydrogens (tertiary/aromatic N) is 1. The van der Waals surface area contributed by atoms with E-state index in [4.69, 9.17) is 11.6 Å². The molecule has 0 radical (unpaired) electrons. The maximum Gasteiger partial charge on any atom is 0.0444 e. The first-order chi connectivity index (χ1) is 9.15. The lowest BCUT2D eigenvalue weighted by atomic mass is 10.0. The second-order valence-electron chi connectivity index (χ2n) is 5.00. The largest absolute Gasteiger partial charge is 0.310 e. The van der Waals surface area contributed by atoms with Crippen molar-refractivity contribution in [3.05, 3.63) is 64.4 Å². The fourth-order valence-electron chi connectivity index (χ4n) is 1.89. The highest BCUT2D eigenvalue weighted by atomic mass is 35.5. The van der Waals surface area contributed by atoms with Gasteiger partial charge in [0, 0.05) is 36.4 Å². The Balaban J connectivity index is 2.07. The fraction of sp³-hybridized carbons (Fsp3) is 0.312. The quantitative estimate of drug-likeness (QED) is 0.896. The van der Waals surface area contributed by atoms with Crippen molar-refractivity contribution in [2.45, 2.75) is 32.9 Å². The molecule has 1 aromatic heterocycles. The summed E-state index contributed by atoms with van der Waals surface area (Å²) in [5, 5.41) is 4.22. The molecule has 100 valence electrons. The summed E-state index contributed by atoms with van der Waals surface area (Å²) in [4.78, 5) is 4.12. The smallest absolute Gasteiger partial charge is 0.0444 e. The molecule has 19 heavy (non-hydrogen) atoms. The van der Waals surface area contributed by atoms with Crippen molar-refractivity contribution in [1.29, 1.82) is 0 Å². The lowest BCUT2D eigenvalue weighted by molar-refractivity contribution is 0.589. The lowest BCUT2D eigenvalue weighted by Gasteiger charge is -2.10. The Morgan fingerprint density at radius 3 is 2.68 bits per heavy atom. The van der Waals surface area contributed by atoms with Gasteiger partial charge in [0.25, 0.3) is 0 Å². The minimum Gasteiger partial charge on any atom is -0.310 e. The van der Waals surface area contributed by atoms with Gasteiger partial charge in [-0.25, -0.2) is 0 Å². The maximum atomic E-state index is 6.35. The molecule has 1 aromatic carbocycles. The molecule has 0 atom stereocenters. The second kappa shape index (κ2) is 6.69. The van der Waals surface area contributed by atoms with Crippen LogP contribution in [0.3, 0.4) is 0 Å². The van der Waals surface area contributed by atoms with E-state index in [-0.39, 0.29) is 0 Å². The molecular weight excluding hydrogens is 256 g/mol. The molecule has 0 spiro atoms. The molecule has 0 bridgehead atoms.